The molecule has 0 saturated heterocycles. The van der Waals surface area contributed by atoms with Gasteiger partial charge in [-0.1, -0.05) is 19.3 Å². The van der Waals surface area contributed by atoms with Crippen LogP contribution in [0, 0.1) is 11.3 Å². The van der Waals surface area contributed by atoms with Crippen LogP contribution in [0.15, 0.2) is 0 Å². The number of carbonyl (C=O) groups is 3. The summed E-state index contributed by atoms with van der Waals surface area (Å²) in [6, 6.07) is -0.897. The lowest BCUT2D eigenvalue weighted by atomic mass is 9.85. The predicted octanol–water partition coefficient (Wildman–Crippen LogP) is 1.75. The minimum absolute atomic E-state index is 0.0741. The smallest absolute Gasteiger partial charge is 0.328 e. The van der Waals surface area contributed by atoms with E-state index in [9.17, 15) is 19.5 Å². The van der Waals surface area contributed by atoms with Gasteiger partial charge in [0.1, 0.15) is 12.1 Å². The Labute approximate surface area is 149 Å². The van der Waals surface area contributed by atoms with E-state index >= 15 is 0 Å². The molecule has 0 unspecified atom stereocenters. The molecule has 1 aliphatic rings. The van der Waals surface area contributed by atoms with Crippen LogP contribution in [0.25, 0.3) is 0 Å². The first-order valence-electron chi connectivity index (χ1n) is 9.07. The number of aliphatic hydroxyl groups is 1. The van der Waals surface area contributed by atoms with E-state index < -0.39 is 24.0 Å². The Bertz CT molecular complexity index is 472. The highest BCUT2D eigenvalue weighted by atomic mass is 16.5. The molecule has 7 heteroatoms. The van der Waals surface area contributed by atoms with Crippen LogP contribution < -0.4 is 5.32 Å². The highest BCUT2D eigenvalue weighted by molar-refractivity contribution is 6.26. The number of carbonyl (C=O) groups excluding carboxylic acids is 3. The van der Waals surface area contributed by atoms with Crippen molar-refractivity contribution in [3.8, 4) is 0 Å². The van der Waals surface area contributed by atoms with Crippen LogP contribution in [0.5, 0.6) is 0 Å². The summed E-state index contributed by atoms with van der Waals surface area (Å²) in [7, 11) is 0. The van der Waals surface area contributed by atoms with Crippen molar-refractivity contribution in [2.45, 2.75) is 83.5 Å². The van der Waals surface area contributed by atoms with Crippen LogP contribution in [0.3, 0.4) is 0 Å². The summed E-state index contributed by atoms with van der Waals surface area (Å²) in [5, 5.41) is 19.7. The van der Waals surface area contributed by atoms with E-state index in [4.69, 9.17) is 10.1 Å². The zero-order chi connectivity index (χ0) is 18.8. The monoisotopic (exact) mass is 354 g/mol. The summed E-state index contributed by atoms with van der Waals surface area (Å²) >= 11 is 0. The van der Waals surface area contributed by atoms with E-state index in [0.717, 1.165) is 38.3 Å². The fraction of sp³-hybridized carbons (Fsp3) is 0.778. The van der Waals surface area contributed by atoms with Gasteiger partial charge in [-0.2, -0.15) is 0 Å². The fourth-order valence-electron chi connectivity index (χ4n) is 3.04. The molecule has 0 aromatic rings. The van der Waals surface area contributed by atoms with Crippen LogP contribution in [-0.2, 0) is 19.1 Å². The SMILES string of the molecule is CC(C)OC(=O)[C@H](CCCC(=O)C=N)NC(=O)[C@@H](O)C1CCCCC1. The van der Waals surface area contributed by atoms with Crippen molar-refractivity contribution in [3.63, 3.8) is 0 Å². The number of ether oxygens (including phenoxy) is 1. The van der Waals surface area contributed by atoms with E-state index in [0.29, 0.717) is 6.42 Å². The molecular weight excluding hydrogens is 324 g/mol. The Morgan fingerprint density at radius 1 is 1.24 bits per heavy atom. The van der Waals surface area contributed by atoms with E-state index in [1.165, 1.54) is 0 Å². The molecule has 1 aliphatic carbocycles. The van der Waals surface area contributed by atoms with E-state index in [1.54, 1.807) is 13.8 Å². The summed E-state index contributed by atoms with van der Waals surface area (Å²) in [6.07, 6.45) is 4.75. The number of amides is 1. The average molecular weight is 354 g/mol. The zero-order valence-corrected chi connectivity index (χ0v) is 15.1. The van der Waals surface area contributed by atoms with Crippen LogP contribution in [0.4, 0.5) is 0 Å². The fourth-order valence-corrected chi connectivity index (χ4v) is 3.04. The summed E-state index contributed by atoms with van der Waals surface area (Å²) in [5.74, 6) is -1.53. The van der Waals surface area contributed by atoms with Crippen molar-refractivity contribution in [2.24, 2.45) is 5.92 Å². The largest absolute Gasteiger partial charge is 0.461 e. The third kappa shape index (κ3) is 7.77. The average Bonchev–Trinajstić information content (AvgIpc) is 2.59. The van der Waals surface area contributed by atoms with Gasteiger partial charge in [0.15, 0.2) is 5.78 Å². The molecule has 2 atom stereocenters. The number of aliphatic hydroxyl groups excluding tert-OH is 1. The summed E-state index contributed by atoms with van der Waals surface area (Å²) in [5.41, 5.74) is 0. The van der Waals surface area contributed by atoms with Crippen LogP contribution in [0.2, 0.25) is 0 Å². The molecule has 0 radical (unpaired) electrons. The maximum absolute atomic E-state index is 12.3. The van der Waals surface area contributed by atoms with Crippen LogP contribution >= 0.6 is 0 Å². The molecule has 0 aromatic carbocycles. The van der Waals surface area contributed by atoms with Gasteiger partial charge in [0.25, 0.3) is 0 Å². The molecule has 0 bridgehead atoms. The molecule has 0 spiro atoms. The molecule has 1 rings (SSSR count). The molecule has 0 heterocycles. The lowest BCUT2D eigenvalue weighted by Crippen LogP contribution is -2.48. The first-order valence-corrected chi connectivity index (χ1v) is 9.07. The highest BCUT2D eigenvalue weighted by Gasteiger charge is 2.31. The van der Waals surface area contributed by atoms with Crippen molar-refractivity contribution in [1.82, 2.24) is 5.32 Å². The zero-order valence-electron chi connectivity index (χ0n) is 15.1. The molecule has 7 nitrogen and oxygen atoms in total. The number of esters is 1. The molecule has 1 fully saturated rings. The minimum atomic E-state index is -1.13. The van der Waals surface area contributed by atoms with E-state index in [-0.39, 0.29) is 30.6 Å². The Balaban J connectivity index is 2.62. The van der Waals surface area contributed by atoms with Gasteiger partial charge in [0.2, 0.25) is 5.91 Å². The van der Waals surface area contributed by atoms with Crippen molar-refractivity contribution in [2.75, 3.05) is 0 Å². The maximum Gasteiger partial charge on any atom is 0.328 e. The van der Waals surface area contributed by atoms with Gasteiger partial charge in [-0.15, -0.1) is 0 Å². The normalized spacial score (nSPS) is 17.6. The molecule has 142 valence electrons. The van der Waals surface area contributed by atoms with Gasteiger partial charge in [-0.05, 0) is 45.4 Å². The second kappa shape index (κ2) is 11.0. The third-order valence-electron chi connectivity index (χ3n) is 4.39. The maximum atomic E-state index is 12.3. The number of Topliss-reactive ketones (excluding diaryl/α,β-unsaturated/α-hetero) is 1. The lowest BCUT2D eigenvalue weighted by Gasteiger charge is -2.27. The van der Waals surface area contributed by atoms with E-state index in [1.807, 2.05) is 0 Å². The highest BCUT2D eigenvalue weighted by Crippen LogP contribution is 2.26. The Morgan fingerprint density at radius 2 is 1.88 bits per heavy atom. The number of ketones is 1. The number of hydrogen-bond acceptors (Lipinski definition) is 6. The molecule has 1 amide bonds. The molecule has 0 aromatic heterocycles. The Kier molecular flexibility index (Phi) is 9.34. The van der Waals surface area contributed by atoms with Crippen LogP contribution in [0.1, 0.15) is 65.2 Å². The van der Waals surface area contributed by atoms with Crippen LogP contribution in [-0.4, -0.2) is 47.2 Å². The standard InChI is InChI=1S/C18H30N2O5/c1-12(2)25-18(24)15(10-6-9-14(21)11-19)20-17(23)16(22)13-7-4-3-5-8-13/h11-13,15-16,19,22H,3-10H2,1-2H3,(H,20,23)/t15-,16-/m0/s1. The quantitative estimate of drug-likeness (QED) is 0.408. The second-order valence-corrected chi connectivity index (χ2v) is 6.89. The van der Waals surface area contributed by atoms with Crippen molar-refractivity contribution < 1.29 is 24.2 Å². The van der Waals surface area contributed by atoms with Gasteiger partial charge in [0, 0.05) is 6.42 Å². The predicted molar refractivity (Wildman–Crippen MR) is 93.4 cm³/mol. The summed E-state index contributed by atoms with van der Waals surface area (Å²) in [4.78, 5) is 35.7. The Hall–Kier alpha value is -1.76. The van der Waals surface area contributed by atoms with Crippen molar-refractivity contribution in [1.29, 1.82) is 5.41 Å². The third-order valence-corrected chi connectivity index (χ3v) is 4.39. The van der Waals surface area contributed by atoms with Gasteiger partial charge in [-0.25, -0.2) is 4.79 Å². The summed E-state index contributed by atoms with van der Waals surface area (Å²) in [6.45, 7) is 3.43. The molecule has 3 N–H and O–H groups in total. The van der Waals surface area contributed by atoms with E-state index in [2.05, 4.69) is 5.32 Å². The van der Waals surface area contributed by atoms with Gasteiger partial charge in [0.05, 0.1) is 12.3 Å². The number of nitrogens with one attached hydrogen (secondary N) is 2. The summed E-state index contributed by atoms with van der Waals surface area (Å²) < 4.78 is 5.16. The van der Waals surface area contributed by atoms with Gasteiger partial charge >= 0.3 is 5.97 Å². The van der Waals surface area contributed by atoms with Crippen molar-refractivity contribution in [3.05, 3.63) is 0 Å². The first-order chi connectivity index (χ1) is 11.8. The first kappa shape index (κ1) is 21.3. The molecule has 1 saturated carbocycles. The molecule has 25 heavy (non-hydrogen) atoms. The minimum Gasteiger partial charge on any atom is -0.461 e. The second-order valence-electron chi connectivity index (χ2n) is 6.89. The lowest BCUT2D eigenvalue weighted by molar-refractivity contribution is -0.153. The van der Waals surface area contributed by atoms with Crippen molar-refractivity contribution >= 4 is 23.9 Å². The number of rotatable bonds is 10. The van der Waals surface area contributed by atoms with Gasteiger partial charge in [-0.3, -0.25) is 9.59 Å². The van der Waals surface area contributed by atoms with Gasteiger partial charge < -0.3 is 20.6 Å². The molecular formula is C18H30N2O5. The molecule has 0 aliphatic heterocycles. The topological polar surface area (TPSA) is 117 Å². The number of hydrogen-bond donors (Lipinski definition) is 3. The Morgan fingerprint density at radius 3 is 2.44 bits per heavy atom.